The van der Waals surface area contributed by atoms with Gasteiger partial charge in [0, 0.05) is 31.7 Å². The van der Waals surface area contributed by atoms with Crippen LogP contribution in [0.15, 0.2) is 34.1 Å². The number of ether oxygens (including phenoxy) is 1. The first-order valence-corrected chi connectivity index (χ1v) is 16.2. The minimum absolute atomic E-state index is 0.0275. The Morgan fingerprint density at radius 3 is 2.59 bits per heavy atom. The molecule has 16 heteroatoms. The molecule has 44 heavy (non-hydrogen) atoms. The van der Waals surface area contributed by atoms with Gasteiger partial charge in [-0.2, -0.15) is 14.0 Å². The summed E-state index contributed by atoms with van der Waals surface area (Å²) in [5.74, 6) is 0.377. The number of nitrogens with one attached hydrogen (secondary N) is 1. The fourth-order valence-corrected chi connectivity index (χ4v) is 6.97. The number of nitrogens with two attached hydrogens (primary N) is 1. The van der Waals surface area contributed by atoms with E-state index >= 15 is 0 Å². The lowest BCUT2D eigenvalue weighted by atomic mass is 9.92. The minimum atomic E-state index is -3.96. The Labute approximate surface area is 255 Å². The van der Waals surface area contributed by atoms with Gasteiger partial charge in [-0.3, -0.25) is 4.79 Å². The molecule has 1 aromatic carbocycles. The highest BCUT2D eigenvalue weighted by Crippen LogP contribution is 2.34. The zero-order valence-electron chi connectivity index (χ0n) is 25.5. The second-order valence-corrected chi connectivity index (χ2v) is 12.5. The Morgan fingerprint density at radius 1 is 1.20 bits per heavy atom. The standard InChI is InChI=1S/C28H40N6O9S/c1-5-8-20-17-32(7-3)26-25(20)29-27(30-28(26)35)22-16-21(9-10-23(22)41-15-6-2)44(38,39)33-13-11-19(12-14-33)24(18-42-31-36)43-34(37)40-4/h9-10,16-17,19,24H,5-8,11-15,18,31H2,1-4H3/p+1. The van der Waals surface area contributed by atoms with Gasteiger partial charge in [-0.25, -0.2) is 23.9 Å². The normalized spacial score (nSPS) is 15.4. The summed E-state index contributed by atoms with van der Waals surface area (Å²) in [7, 11) is -2.82. The van der Waals surface area contributed by atoms with Crippen molar-refractivity contribution >= 4 is 21.1 Å². The van der Waals surface area contributed by atoms with Crippen molar-refractivity contribution in [1.82, 2.24) is 18.8 Å². The molecule has 0 spiro atoms. The van der Waals surface area contributed by atoms with Gasteiger partial charge in [-0.1, -0.05) is 20.3 Å². The van der Waals surface area contributed by atoms with E-state index in [0.29, 0.717) is 48.3 Å². The third kappa shape index (κ3) is 7.21. The van der Waals surface area contributed by atoms with Gasteiger partial charge in [0.25, 0.3) is 5.56 Å². The van der Waals surface area contributed by atoms with Crippen LogP contribution in [0.2, 0.25) is 0 Å². The van der Waals surface area contributed by atoms with Gasteiger partial charge in [-0.05, 0) is 56.4 Å². The maximum Gasteiger partial charge on any atom is 0.477 e. The first kappa shape index (κ1) is 33.3. The number of aryl methyl sites for hydroxylation is 2. The van der Waals surface area contributed by atoms with Crippen LogP contribution in [-0.2, 0) is 37.5 Å². The average molecular weight is 638 g/mol. The summed E-state index contributed by atoms with van der Waals surface area (Å²) >= 11 is 0. The van der Waals surface area contributed by atoms with Gasteiger partial charge in [-0.15, -0.1) is 0 Å². The third-order valence-corrected chi connectivity index (χ3v) is 9.58. The topological polar surface area (TPSA) is 185 Å². The van der Waals surface area contributed by atoms with E-state index < -0.39 is 16.1 Å². The Morgan fingerprint density at radius 2 is 1.95 bits per heavy atom. The van der Waals surface area contributed by atoms with Crippen molar-refractivity contribution in [3.63, 3.8) is 0 Å². The maximum atomic E-state index is 13.8. The largest absolute Gasteiger partial charge is 0.601 e. The lowest BCUT2D eigenvalue weighted by molar-refractivity contribution is -0.986. The Kier molecular flexibility index (Phi) is 11.3. The molecule has 2 aromatic heterocycles. The van der Waals surface area contributed by atoms with Crippen LogP contribution in [0.1, 0.15) is 52.0 Å². The highest BCUT2D eigenvalue weighted by molar-refractivity contribution is 7.89. The van der Waals surface area contributed by atoms with E-state index in [9.17, 15) is 23.3 Å². The molecular formula is C28H41N6O9S+. The van der Waals surface area contributed by atoms with Crippen molar-refractivity contribution < 1.29 is 38.4 Å². The van der Waals surface area contributed by atoms with Gasteiger partial charge in [0.1, 0.15) is 22.0 Å². The van der Waals surface area contributed by atoms with E-state index in [1.807, 2.05) is 24.6 Å². The number of hydrogen-bond donors (Lipinski definition) is 2. The molecule has 0 saturated carbocycles. The van der Waals surface area contributed by atoms with Crippen LogP contribution < -0.4 is 15.9 Å². The molecule has 1 unspecified atom stereocenters. The van der Waals surface area contributed by atoms with E-state index in [4.69, 9.17) is 19.4 Å². The second kappa shape index (κ2) is 14.9. The lowest BCUT2D eigenvalue weighted by Crippen LogP contribution is -2.77. The van der Waals surface area contributed by atoms with Crippen molar-refractivity contribution in [2.75, 3.05) is 33.4 Å². The number of sulfonamides is 1. The number of aromatic amines is 1. The van der Waals surface area contributed by atoms with Gasteiger partial charge in [0.15, 0.2) is 13.7 Å². The number of nitrogens with zero attached hydrogens (tertiary/aromatic N) is 4. The first-order chi connectivity index (χ1) is 21.2. The highest BCUT2D eigenvalue weighted by atomic mass is 32.2. The summed E-state index contributed by atoms with van der Waals surface area (Å²) in [5, 5.41) is 10.7. The Balaban J connectivity index is 1.67. The van der Waals surface area contributed by atoms with Crippen LogP contribution in [0.25, 0.3) is 22.4 Å². The molecule has 3 N–H and O–H groups in total. The number of piperidine rings is 1. The molecule has 3 heterocycles. The number of H-pyrrole nitrogens is 1. The number of fused-ring (bicyclic) bond motifs is 1. The summed E-state index contributed by atoms with van der Waals surface area (Å²) in [5.41, 5.74) is 2.33. The molecule has 1 saturated heterocycles. The number of benzene rings is 1. The zero-order chi connectivity index (χ0) is 31.9. The van der Waals surface area contributed by atoms with E-state index in [1.54, 1.807) is 6.07 Å². The predicted molar refractivity (Wildman–Crippen MR) is 159 cm³/mol. The van der Waals surface area contributed by atoms with Gasteiger partial charge >= 0.3 is 5.09 Å². The van der Waals surface area contributed by atoms with Gasteiger partial charge in [0.05, 0.1) is 22.6 Å². The summed E-state index contributed by atoms with van der Waals surface area (Å²) in [4.78, 5) is 47.1. The fourth-order valence-electron chi connectivity index (χ4n) is 5.47. The second-order valence-electron chi connectivity index (χ2n) is 10.5. The van der Waals surface area contributed by atoms with Crippen molar-refractivity contribution in [3.8, 4) is 17.1 Å². The molecule has 0 bridgehead atoms. The van der Waals surface area contributed by atoms with E-state index in [0.717, 1.165) is 31.9 Å². The smallest absolute Gasteiger partial charge is 0.477 e. The molecule has 0 radical (unpaired) electrons. The molecule has 0 amide bonds. The summed E-state index contributed by atoms with van der Waals surface area (Å²) in [6, 6.07) is 4.57. The minimum Gasteiger partial charge on any atom is -0.601 e. The van der Waals surface area contributed by atoms with E-state index in [1.165, 1.54) is 16.4 Å². The number of quaternary nitrogens is 1. The Bertz CT molecular complexity index is 1600. The number of hydrogen-bond acceptors (Lipinski definition) is 10. The van der Waals surface area contributed by atoms with Crippen LogP contribution in [-0.4, -0.2) is 71.9 Å². The van der Waals surface area contributed by atoms with Crippen LogP contribution >= 0.6 is 0 Å². The van der Waals surface area contributed by atoms with Crippen molar-refractivity contribution in [2.24, 2.45) is 5.92 Å². The number of aromatic nitrogens is 3. The predicted octanol–water partition coefficient (Wildman–Crippen LogP) is 2.19. The molecule has 0 aliphatic carbocycles. The van der Waals surface area contributed by atoms with Gasteiger partial charge in [0.2, 0.25) is 16.1 Å². The van der Waals surface area contributed by atoms with Crippen molar-refractivity contribution in [2.45, 2.75) is 70.4 Å². The van der Waals surface area contributed by atoms with Crippen molar-refractivity contribution in [1.29, 1.82) is 0 Å². The van der Waals surface area contributed by atoms with E-state index in [-0.39, 0.29) is 52.6 Å². The molecule has 1 aliphatic heterocycles. The molecular weight excluding hydrogens is 596 g/mol. The van der Waals surface area contributed by atoms with Crippen LogP contribution in [0.5, 0.6) is 5.75 Å². The van der Waals surface area contributed by atoms with Crippen LogP contribution in [0, 0.1) is 16.0 Å². The monoisotopic (exact) mass is 637 g/mol. The zero-order valence-corrected chi connectivity index (χ0v) is 26.3. The quantitative estimate of drug-likeness (QED) is 0.221. The molecule has 1 aliphatic rings. The molecule has 242 valence electrons. The molecule has 15 nitrogen and oxygen atoms in total. The highest BCUT2D eigenvalue weighted by Gasteiger charge is 2.38. The SMILES string of the molecule is CCCOc1ccc(S(=O)(=O)N2CCC(C(CO[NH2+][O-])O[N+](=O)OC)CC2)cc1-c1nc2c(CCC)cn(CC)c2c(=O)[nH]1. The molecule has 3 aromatic rings. The molecule has 1 fully saturated rings. The average Bonchev–Trinajstić information content (AvgIpc) is 3.39. The summed E-state index contributed by atoms with van der Waals surface area (Å²) < 4.78 is 36.9. The van der Waals surface area contributed by atoms with Crippen molar-refractivity contribution in [3.05, 3.63) is 50.4 Å². The van der Waals surface area contributed by atoms with Crippen LogP contribution in [0.3, 0.4) is 0 Å². The number of rotatable bonds is 16. The lowest BCUT2D eigenvalue weighted by Gasteiger charge is -2.32. The fraction of sp³-hybridized carbons (Fsp3) is 0.571. The van der Waals surface area contributed by atoms with E-state index in [2.05, 4.69) is 16.7 Å². The first-order valence-electron chi connectivity index (χ1n) is 14.8. The van der Waals surface area contributed by atoms with Gasteiger partial charge < -0.3 is 19.5 Å². The maximum absolute atomic E-state index is 13.8. The van der Waals surface area contributed by atoms with Crippen LogP contribution in [0.4, 0.5) is 0 Å². The molecule has 1 atom stereocenters. The summed E-state index contributed by atoms with van der Waals surface area (Å²) in [6.45, 7) is 7.10. The third-order valence-electron chi connectivity index (χ3n) is 7.69. The molecule has 4 rings (SSSR count). The summed E-state index contributed by atoms with van der Waals surface area (Å²) in [6.07, 6.45) is 4.21. The Hall–Kier alpha value is -3.57.